The van der Waals surface area contributed by atoms with E-state index < -0.39 is 0 Å². The highest BCUT2D eigenvalue weighted by atomic mass is 16.3. The first kappa shape index (κ1) is 12.4. The average molecular weight is 280 g/mol. The van der Waals surface area contributed by atoms with Gasteiger partial charge in [-0.25, -0.2) is 4.98 Å². The molecule has 0 bridgehead atoms. The minimum atomic E-state index is 0.147. The standard InChI is InChI=1S/C15H17BN4O/c1-11-18(2)7-8-20(11)16-9-14-13(10-19(16)3)12-5-4-6-17-15(12)21-14/h4-11H,1-3H3/t11-/m0/s1. The number of fused-ring (bicyclic) bond motifs is 3. The predicted molar refractivity (Wildman–Crippen MR) is 83.9 cm³/mol. The van der Waals surface area contributed by atoms with Crippen molar-refractivity contribution >= 4 is 30.3 Å². The smallest absolute Gasteiger partial charge is 0.408 e. The van der Waals surface area contributed by atoms with E-state index in [1.54, 1.807) is 6.20 Å². The molecule has 0 amide bonds. The molecule has 0 spiro atoms. The van der Waals surface area contributed by atoms with Gasteiger partial charge in [0.05, 0.1) is 6.17 Å². The predicted octanol–water partition coefficient (Wildman–Crippen LogP) is 0.384. The van der Waals surface area contributed by atoms with Gasteiger partial charge in [0.1, 0.15) is 5.42 Å². The summed E-state index contributed by atoms with van der Waals surface area (Å²) in [5, 5.41) is 2.18. The second-order valence-electron chi connectivity index (χ2n) is 5.65. The highest BCUT2D eigenvalue weighted by molar-refractivity contribution is 6.69. The molecule has 2 aliphatic heterocycles. The molecule has 0 fully saturated rings. The fourth-order valence-corrected chi connectivity index (χ4v) is 3.01. The van der Waals surface area contributed by atoms with E-state index in [1.165, 1.54) is 0 Å². The Labute approximate surface area is 123 Å². The molecule has 2 aromatic rings. The molecule has 0 saturated heterocycles. The second kappa shape index (κ2) is 4.31. The van der Waals surface area contributed by atoms with Gasteiger partial charge in [0.25, 0.3) is 0 Å². The van der Waals surface area contributed by atoms with Gasteiger partial charge in [-0.05, 0) is 32.1 Å². The van der Waals surface area contributed by atoms with Gasteiger partial charge in [-0.15, -0.1) is 0 Å². The van der Waals surface area contributed by atoms with Crippen molar-refractivity contribution in [3.63, 3.8) is 0 Å². The van der Waals surface area contributed by atoms with Crippen LogP contribution in [-0.4, -0.2) is 46.7 Å². The Morgan fingerprint density at radius 2 is 2.14 bits per heavy atom. The highest BCUT2D eigenvalue weighted by Crippen LogP contribution is 2.18. The van der Waals surface area contributed by atoms with Crippen molar-refractivity contribution in [2.45, 2.75) is 13.1 Å². The summed E-state index contributed by atoms with van der Waals surface area (Å²) < 4.78 is 5.90. The lowest BCUT2D eigenvalue weighted by atomic mass is 9.70. The summed E-state index contributed by atoms with van der Waals surface area (Å²) in [6.07, 6.45) is 8.46. The second-order valence-corrected chi connectivity index (χ2v) is 5.65. The topological polar surface area (TPSA) is 35.8 Å². The molecule has 0 saturated carbocycles. The summed E-state index contributed by atoms with van der Waals surface area (Å²) in [6, 6.07) is 3.99. The molecule has 21 heavy (non-hydrogen) atoms. The van der Waals surface area contributed by atoms with Crippen LogP contribution in [0.15, 0.2) is 35.1 Å². The molecule has 106 valence electrons. The van der Waals surface area contributed by atoms with Gasteiger partial charge in [-0.2, -0.15) is 0 Å². The van der Waals surface area contributed by atoms with E-state index in [4.69, 9.17) is 4.42 Å². The first-order chi connectivity index (χ1) is 10.1. The molecule has 2 aromatic heterocycles. The fourth-order valence-electron chi connectivity index (χ4n) is 3.01. The van der Waals surface area contributed by atoms with Crippen LogP contribution >= 0.6 is 0 Å². The van der Waals surface area contributed by atoms with Crippen LogP contribution in [0.2, 0.25) is 0 Å². The summed E-state index contributed by atoms with van der Waals surface area (Å²) in [6.45, 7) is 2.34. The van der Waals surface area contributed by atoms with Crippen LogP contribution in [0.1, 0.15) is 6.92 Å². The molecule has 2 aliphatic rings. The summed E-state index contributed by atoms with van der Waals surface area (Å²) >= 11 is 0. The van der Waals surface area contributed by atoms with Crippen LogP contribution in [0.3, 0.4) is 0 Å². The summed E-state index contributed by atoms with van der Waals surface area (Å²) in [7, 11) is 4.18. The molecule has 0 radical (unpaired) electrons. The van der Waals surface area contributed by atoms with Crippen molar-refractivity contribution in [3.8, 4) is 0 Å². The van der Waals surface area contributed by atoms with E-state index in [-0.39, 0.29) is 6.98 Å². The lowest BCUT2D eigenvalue weighted by molar-refractivity contribution is 0.266. The Kier molecular flexibility index (Phi) is 2.54. The summed E-state index contributed by atoms with van der Waals surface area (Å²) in [4.78, 5) is 11.0. The van der Waals surface area contributed by atoms with Crippen LogP contribution in [0, 0.1) is 0 Å². The molecular weight excluding hydrogens is 263 g/mol. The number of aromatic nitrogens is 1. The number of pyridine rings is 1. The monoisotopic (exact) mass is 280 g/mol. The van der Waals surface area contributed by atoms with Crippen LogP contribution < -0.4 is 10.6 Å². The Balaban J connectivity index is 1.85. The highest BCUT2D eigenvalue weighted by Gasteiger charge is 2.33. The number of rotatable bonds is 1. The van der Waals surface area contributed by atoms with Gasteiger partial charge in [0.2, 0.25) is 5.71 Å². The van der Waals surface area contributed by atoms with Crippen molar-refractivity contribution in [2.24, 2.45) is 0 Å². The molecule has 0 aromatic carbocycles. The van der Waals surface area contributed by atoms with Crippen LogP contribution in [0.4, 0.5) is 0 Å². The molecule has 0 N–H and O–H groups in total. The number of nitrogens with zero attached hydrogens (tertiary/aromatic N) is 4. The number of hydrogen-bond donors (Lipinski definition) is 0. The van der Waals surface area contributed by atoms with E-state index in [1.807, 2.05) is 6.07 Å². The normalized spacial score (nSPS) is 20.8. The molecule has 4 rings (SSSR count). The number of furan rings is 1. The van der Waals surface area contributed by atoms with Gasteiger partial charge in [-0.3, -0.25) is 0 Å². The van der Waals surface area contributed by atoms with E-state index >= 15 is 0 Å². The van der Waals surface area contributed by atoms with E-state index in [2.05, 4.69) is 71.2 Å². The zero-order valence-electron chi connectivity index (χ0n) is 12.4. The minimum absolute atomic E-state index is 0.147. The fraction of sp³-hybridized carbons (Fsp3) is 0.267. The maximum absolute atomic E-state index is 5.90. The summed E-state index contributed by atoms with van der Waals surface area (Å²) in [5.41, 5.74) is 1.60. The maximum atomic E-state index is 5.90. The Morgan fingerprint density at radius 1 is 1.29 bits per heavy atom. The third kappa shape index (κ3) is 1.75. The Morgan fingerprint density at radius 3 is 2.90 bits per heavy atom. The van der Waals surface area contributed by atoms with Gasteiger partial charge in [0.15, 0.2) is 0 Å². The Bertz CT molecular complexity index is 843. The van der Waals surface area contributed by atoms with Crippen LogP contribution in [0.5, 0.6) is 0 Å². The van der Waals surface area contributed by atoms with Crippen LogP contribution in [0.25, 0.3) is 23.3 Å². The van der Waals surface area contributed by atoms with Crippen molar-refractivity contribution in [1.29, 1.82) is 0 Å². The van der Waals surface area contributed by atoms with E-state index in [0.717, 1.165) is 16.0 Å². The van der Waals surface area contributed by atoms with E-state index in [9.17, 15) is 0 Å². The number of hydrogen-bond acceptors (Lipinski definition) is 5. The first-order valence-corrected chi connectivity index (χ1v) is 7.12. The van der Waals surface area contributed by atoms with Crippen molar-refractivity contribution in [2.75, 3.05) is 14.1 Å². The SMILES string of the molecule is C[C@H]1N(C)C=CN1B1C=c2oc3ncccc3c2=CN1C. The van der Waals surface area contributed by atoms with Crippen molar-refractivity contribution < 1.29 is 4.42 Å². The average Bonchev–Trinajstić information content (AvgIpc) is 3.00. The molecule has 0 unspecified atom stereocenters. The van der Waals surface area contributed by atoms with Gasteiger partial charge >= 0.3 is 6.98 Å². The van der Waals surface area contributed by atoms with Crippen molar-refractivity contribution in [1.82, 2.24) is 19.5 Å². The van der Waals surface area contributed by atoms with E-state index in [0.29, 0.717) is 11.9 Å². The molecule has 6 heteroatoms. The molecule has 4 heterocycles. The minimum Gasteiger partial charge on any atom is -0.439 e. The molecule has 0 aliphatic carbocycles. The van der Waals surface area contributed by atoms with Crippen molar-refractivity contribution in [3.05, 3.63) is 41.4 Å². The zero-order chi connectivity index (χ0) is 14.6. The van der Waals surface area contributed by atoms with Crippen LogP contribution in [-0.2, 0) is 0 Å². The molecule has 1 atom stereocenters. The lowest BCUT2D eigenvalue weighted by Gasteiger charge is -2.35. The summed E-state index contributed by atoms with van der Waals surface area (Å²) in [5.74, 6) is 2.16. The zero-order valence-corrected chi connectivity index (χ0v) is 12.4. The first-order valence-electron chi connectivity index (χ1n) is 7.12. The maximum Gasteiger partial charge on any atom is 0.408 e. The van der Waals surface area contributed by atoms with Gasteiger partial charge < -0.3 is 18.9 Å². The van der Waals surface area contributed by atoms with Gasteiger partial charge in [0, 0.05) is 42.4 Å². The quantitative estimate of drug-likeness (QED) is 0.706. The molecule has 5 nitrogen and oxygen atoms in total. The molecular formula is C15H17BN4O. The third-order valence-electron chi connectivity index (χ3n) is 4.38. The lowest BCUT2D eigenvalue weighted by Crippen LogP contribution is -2.53. The third-order valence-corrected chi connectivity index (χ3v) is 4.38. The van der Waals surface area contributed by atoms with Gasteiger partial charge in [-0.1, -0.05) is 0 Å². The Hall–Kier alpha value is -2.37. The largest absolute Gasteiger partial charge is 0.439 e.